The second kappa shape index (κ2) is 10.8. The Morgan fingerprint density at radius 1 is 0.917 bits per heavy atom. The van der Waals surface area contributed by atoms with Crippen molar-refractivity contribution in [3.63, 3.8) is 0 Å². The van der Waals surface area contributed by atoms with Gasteiger partial charge in [-0.1, -0.05) is 67.4 Å². The summed E-state index contributed by atoms with van der Waals surface area (Å²) in [5.74, 6) is 7.53. The van der Waals surface area contributed by atoms with E-state index >= 15 is 0 Å². The van der Waals surface area contributed by atoms with E-state index in [-0.39, 0.29) is 0 Å². The second-order valence-corrected chi connectivity index (χ2v) is 10.5. The Kier molecular flexibility index (Phi) is 7.35. The maximum atomic E-state index is 6.05. The molecule has 0 bridgehead atoms. The topological polar surface area (TPSA) is 15.7 Å². The number of ether oxygens (including phenoxy) is 1. The number of para-hydroxylation sites is 1. The van der Waals surface area contributed by atoms with Crippen molar-refractivity contribution in [3.05, 3.63) is 95.1 Å². The number of hydrogen-bond donors (Lipinski definition) is 0. The minimum absolute atomic E-state index is 0.303. The van der Waals surface area contributed by atoms with E-state index < -0.39 is 0 Å². The molecule has 186 valence electrons. The van der Waals surface area contributed by atoms with Crippen LogP contribution in [-0.2, 0) is 18.6 Å². The summed E-state index contributed by atoms with van der Waals surface area (Å²) in [6.45, 7) is 9.17. The van der Waals surface area contributed by atoms with Crippen LogP contribution in [0.4, 0.5) is 5.69 Å². The van der Waals surface area contributed by atoms with Gasteiger partial charge in [0.2, 0.25) is 0 Å². The van der Waals surface area contributed by atoms with Gasteiger partial charge in [0.25, 0.3) is 0 Å². The molecule has 5 rings (SSSR count). The van der Waals surface area contributed by atoms with Crippen LogP contribution < -0.4 is 9.64 Å². The lowest BCUT2D eigenvalue weighted by Gasteiger charge is -2.40. The van der Waals surface area contributed by atoms with E-state index in [1.54, 1.807) is 5.56 Å². The summed E-state index contributed by atoms with van der Waals surface area (Å²) in [5.41, 5.74) is 7.17. The first-order valence-electron chi connectivity index (χ1n) is 13.4. The van der Waals surface area contributed by atoms with E-state index in [0.29, 0.717) is 17.9 Å². The molecule has 0 saturated carbocycles. The Morgan fingerprint density at radius 2 is 1.61 bits per heavy atom. The van der Waals surface area contributed by atoms with Crippen LogP contribution in [0.3, 0.4) is 0 Å². The first kappa shape index (κ1) is 24.5. The van der Waals surface area contributed by atoms with Crippen LogP contribution in [-0.4, -0.2) is 31.6 Å². The quantitative estimate of drug-likeness (QED) is 0.349. The van der Waals surface area contributed by atoms with E-state index in [9.17, 15) is 0 Å². The highest BCUT2D eigenvalue weighted by Gasteiger charge is 2.43. The van der Waals surface area contributed by atoms with Gasteiger partial charge in [-0.2, -0.15) is 0 Å². The van der Waals surface area contributed by atoms with Gasteiger partial charge in [0.15, 0.2) is 0 Å². The molecule has 0 amide bonds. The number of rotatable bonds is 7. The third kappa shape index (κ3) is 5.15. The lowest BCUT2D eigenvalue weighted by Crippen LogP contribution is -2.44. The van der Waals surface area contributed by atoms with Crippen molar-refractivity contribution in [2.45, 2.75) is 57.6 Å². The van der Waals surface area contributed by atoms with E-state index in [0.717, 1.165) is 38.3 Å². The maximum absolute atomic E-state index is 6.05. The largest absolute Gasteiger partial charge is 0.489 e. The van der Waals surface area contributed by atoms with Crippen molar-refractivity contribution in [3.8, 4) is 17.6 Å². The monoisotopic (exact) mass is 478 g/mol. The van der Waals surface area contributed by atoms with Crippen LogP contribution in [0.1, 0.15) is 61.3 Å². The maximum Gasteiger partial charge on any atom is 0.119 e. The number of hydrogen-bond acceptors (Lipinski definition) is 3. The first-order chi connectivity index (χ1) is 17.6. The molecule has 3 heteroatoms. The molecule has 36 heavy (non-hydrogen) atoms. The highest BCUT2D eigenvalue weighted by Crippen LogP contribution is 2.46. The lowest BCUT2D eigenvalue weighted by atomic mass is 9.74. The molecule has 1 spiro atoms. The molecule has 2 aliphatic heterocycles. The second-order valence-electron chi connectivity index (χ2n) is 10.5. The van der Waals surface area contributed by atoms with Gasteiger partial charge in [-0.3, -0.25) is 4.90 Å². The zero-order valence-corrected chi connectivity index (χ0v) is 22.0. The zero-order chi connectivity index (χ0) is 25.0. The van der Waals surface area contributed by atoms with Crippen LogP contribution in [0, 0.1) is 11.8 Å². The van der Waals surface area contributed by atoms with Crippen molar-refractivity contribution in [2.75, 3.05) is 31.6 Å². The average Bonchev–Trinajstić information content (AvgIpc) is 3.20. The lowest BCUT2D eigenvalue weighted by molar-refractivity contribution is 0.160. The molecule has 3 aromatic carbocycles. The summed E-state index contributed by atoms with van der Waals surface area (Å²) in [7, 11) is 2.24. The third-order valence-electron chi connectivity index (χ3n) is 8.08. The fourth-order valence-electron chi connectivity index (χ4n) is 6.00. The fraction of sp³-hybridized carbons (Fsp3) is 0.394. The molecule has 2 heterocycles. The van der Waals surface area contributed by atoms with Gasteiger partial charge < -0.3 is 9.64 Å². The summed E-state index contributed by atoms with van der Waals surface area (Å²) >= 11 is 0. The Bertz CT molecular complexity index is 1210. The van der Waals surface area contributed by atoms with Gasteiger partial charge in [-0.15, -0.1) is 5.92 Å². The van der Waals surface area contributed by atoms with Crippen LogP contribution in [0.25, 0.3) is 0 Å². The molecule has 0 unspecified atom stereocenters. The molecule has 0 N–H and O–H groups in total. The number of nitrogens with zero attached hydrogens (tertiary/aromatic N) is 2. The molecule has 3 nitrogen and oxygen atoms in total. The average molecular weight is 479 g/mol. The van der Waals surface area contributed by atoms with Crippen molar-refractivity contribution in [1.29, 1.82) is 0 Å². The van der Waals surface area contributed by atoms with Crippen molar-refractivity contribution in [1.82, 2.24) is 4.90 Å². The smallest absolute Gasteiger partial charge is 0.119 e. The Hall–Kier alpha value is -3.22. The summed E-state index contributed by atoms with van der Waals surface area (Å²) < 4.78 is 6.05. The van der Waals surface area contributed by atoms with Gasteiger partial charge in [0.05, 0.1) is 0 Å². The number of likely N-dealkylation sites (tertiary alicyclic amines) is 1. The SMILES string of the molecule is CC#C[C@@H](CC)c1ccc(OCc2ccc(CN3CCC4(CC3)CN(C)c3ccccc34)cc2)cc1. The summed E-state index contributed by atoms with van der Waals surface area (Å²) in [6.07, 6.45) is 3.50. The molecule has 0 aliphatic carbocycles. The molecular weight excluding hydrogens is 440 g/mol. The fourth-order valence-corrected chi connectivity index (χ4v) is 6.00. The minimum Gasteiger partial charge on any atom is -0.489 e. The van der Waals surface area contributed by atoms with E-state index in [1.807, 2.05) is 6.92 Å². The van der Waals surface area contributed by atoms with Crippen molar-refractivity contribution < 1.29 is 4.74 Å². The highest BCUT2D eigenvalue weighted by atomic mass is 16.5. The molecule has 2 aliphatic rings. The normalized spacial score (nSPS) is 17.4. The Morgan fingerprint density at radius 3 is 2.31 bits per heavy atom. The molecule has 0 radical (unpaired) electrons. The van der Waals surface area contributed by atoms with Gasteiger partial charge >= 0.3 is 0 Å². The summed E-state index contributed by atoms with van der Waals surface area (Å²) in [6, 6.07) is 26.4. The number of likely N-dealkylation sites (N-methyl/N-ethyl adjacent to an activating group) is 1. The minimum atomic E-state index is 0.303. The number of piperidine rings is 1. The predicted molar refractivity (Wildman–Crippen MR) is 150 cm³/mol. The van der Waals surface area contributed by atoms with E-state index in [1.165, 1.54) is 35.2 Å². The summed E-state index contributed by atoms with van der Waals surface area (Å²) in [5, 5.41) is 0. The molecule has 1 saturated heterocycles. The standard InChI is InChI=1S/C33H38N2O/c1-4-8-28(5-2)29-15-17-30(18-16-29)36-24-27-13-11-26(12-14-27)23-35-21-19-33(20-22-35)25-34(3)32-10-7-6-9-31(32)33/h6-7,9-18,28H,5,19-25H2,1-3H3/t28-/m1/s1. The van der Waals surface area contributed by atoms with E-state index in [2.05, 4.69) is 108 Å². The molecule has 1 atom stereocenters. The number of fused-ring (bicyclic) bond motifs is 2. The van der Waals surface area contributed by atoms with Crippen LogP contribution in [0.15, 0.2) is 72.8 Å². The van der Waals surface area contributed by atoms with Crippen LogP contribution >= 0.6 is 0 Å². The van der Waals surface area contributed by atoms with E-state index in [4.69, 9.17) is 4.74 Å². The highest BCUT2D eigenvalue weighted by molar-refractivity contribution is 5.62. The molecule has 3 aromatic rings. The first-order valence-corrected chi connectivity index (χ1v) is 13.4. The van der Waals surface area contributed by atoms with Gasteiger partial charge in [0, 0.05) is 37.2 Å². The van der Waals surface area contributed by atoms with Gasteiger partial charge in [-0.05, 0) is 79.7 Å². The summed E-state index contributed by atoms with van der Waals surface area (Å²) in [4.78, 5) is 5.06. The number of anilines is 1. The number of benzene rings is 3. The molecule has 0 aromatic heterocycles. The molecular formula is C33H38N2O. The van der Waals surface area contributed by atoms with Crippen LogP contribution in [0.5, 0.6) is 5.75 Å². The van der Waals surface area contributed by atoms with Gasteiger partial charge in [0.1, 0.15) is 12.4 Å². The Balaban J connectivity index is 1.12. The molecule has 1 fully saturated rings. The zero-order valence-electron chi connectivity index (χ0n) is 22.0. The Labute approximate surface area is 217 Å². The van der Waals surface area contributed by atoms with Gasteiger partial charge in [-0.25, -0.2) is 0 Å². The van der Waals surface area contributed by atoms with Crippen molar-refractivity contribution >= 4 is 5.69 Å². The third-order valence-corrected chi connectivity index (χ3v) is 8.08. The predicted octanol–water partition coefficient (Wildman–Crippen LogP) is 6.77. The van der Waals surface area contributed by atoms with Crippen molar-refractivity contribution in [2.24, 2.45) is 0 Å². The van der Waals surface area contributed by atoms with Crippen LogP contribution in [0.2, 0.25) is 0 Å².